The molecule has 0 radical (unpaired) electrons. The molecule has 0 aromatic rings. The summed E-state index contributed by atoms with van der Waals surface area (Å²) in [4.78, 5) is 0. The van der Waals surface area contributed by atoms with E-state index in [1.807, 2.05) is 0 Å². The molecule has 1 aliphatic rings. The summed E-state index contributed by atoms with van der Waals surface area (Å²) in [5.41, 5.74) is 0. The van der Waals surface area contributed by atoms with Gasteiger partial charge in [0.2, 0.25) is 0 Å². The lowest BCUT2D eigenvalue weighted by molar-refractivity contribution is 0.178. The van der Waals surface area contributed by atoms with Crippen molar-refractivity contribution < 1.29 is 4.74 Å². The Morgan fingerprint density at radius 1 is 1.75 bits per heavy atom. The monoisotopic (exact) mass is 167 g/mol. The van der Waals surface area contributed by atoms with Crippen LogP contribution in [0.2, 0.25) is 0 Å². The van der Waals surface area contributed by atoms with Gasteiger partial charge in [0.05, 0.1) is 6.61 Å². The molecule has 0 amide bonds. The van der Waals surface area contributed by atoms with Crippen molar-refractivity contribution in [2.24, 2.45) is 5.92 Å². The van der Waals surface area contributed by atoms with Gasteiger partial charge in [0.15, 0.2) is 0 Å². The van der Waals surface area contributed by atoms with E-state index >= 15 is 0 Å². The second-order valence-electron chi connectivity index (χ2n) is 3.32. The van der Waals surface area contributed by atoms with Crippen molar-refractivity contribution in [2.45, 2.75) is 25.8 Å². The molecular formula is C10H17NO. The van der Waals surface area contributed by atoms with E-state index < -0.39 is 0 Å². The number of hydrogen-bond donors (Lipinski definition) is 1. The highest BCUT2D eigenvalue weighted by molar-refractivity contribution is 4.85. The molecule has 2 unspecified atom stereocenters. The molecule has 1 rings (SSSR count). The summed E-state index contributed by atoms with van der Waals surface area (Å²) in [7, 11) is 0. The number of hydrogen-bond acceptors (Lipinski definition) is 2. The molecule has 2 atom stereocenters. The first-order valence-electron chi connectivity index (χ1n) is 4.59. The first kappa shape index (κ1) is 9.57. The summed E-state index contributed by atoms with van der Waals surface area (Å²) in [6, 6.07) is 0.542. The number of rotatable bonds is 4. The fourth-order valence-corrected chi connectivity index (χ4v) is 1.49. The molecule has 0 aromatic carbocycles. The lowest BCUT2D eigenvalue weighted by Crippen LogP contribution is -2.34. The second kappa shape index (κ2) is 5.18. The fourth-order valence-electron chi connectivity index (χ4n) is 1.49. The lowest BCUT2D eigenvalue weighted by Gasteiger charge is -2.18. The number of nitrogens with one attached hydrogen (secondary N) is 1. The van der Waals surface area contributed by atoms with Gasteiger partial charge in [0, 0.05) is 25.6 Å². The summed E-state index contributed by atoms with van der Waals surface area (Å²) in [5.74, 6) is 3.30. The van der Waals surface area contributed by atoms with Gasteiger partial charge in [-0.15, -0.1) is 12.3 Å². The minimum atomic E-state index is 0.542. The Morgan fingerprint density at radius 2 is 2.58 bits per heavy atom. The van der Waals surface area contributed by atoms with Gasteiger partial charge in [0.25, 0.3) is 0 Å². The van der Waals surface area contributed by atoms with Crippen LogP contribution in [0.4, 0.5) is 0 Å². The van der Waals surface area contributed by atoms with Crippen LogP contribution < -0.4 is 5.32 Å². The van der Waals surface area contributed by atoms with Gasteiger partial charge in [-0.05, 0) is 19.3 Å². The van der Waals surface area contributed by atoms with E-state index in [-0.39, 0.29) is 0 Å². The Morgan fingerprint density at radius 3 is 3.17 bits per heavy atom. The predicted molar refractivity (Wildman–Crippen MR) is 49.8 cm³/mol. The van der Waals surface area contributed by atoms with E-state index in [1.165, 1.54) is 6.42 Å². The maximum atomic E-state index is 5.30. The van der Waals surface area contributed by atoms with Gasteiger partial charge in [-0.1, -0.05) is 0 Å². The molecule has 2 heteroatoms. The molecule has 0 saturated carbocycles. The average Bonchev–Trinajstić information content (AvgIpc) is 2.56. The molecule has 1 saturated heterocycles. The summed E-state index contributed by atoms with van der Waals surface area (Å²) in [6.07, 6.45) is 7.16. The zero-order chi connectivity index (χ0) is 8.81. The molecule has 0 aliphatic carbocycles. The SMILES string of the molecule is C#CCCNC(C)C1CCOC1. The van der Waals surface area contributed by atoms with Crippen molar-refractivity contribution in [1.29, 1.82) is 0 Å². The number of ether oxygens (including phenoxy) is 1. The average molecular weight is 167 g/mol. The van der Waals surface area contributed by atoms with Crippen molar-refractivity contribution in [3.05, 3.63) is 0 Å². The summed E-state index contributed by atoms with van der Waals surface area (Å²) in [6.45, 7) is 4.96. The molecule has 1 N–H and O–H groups in total. The van der Waals surface area contributed by atoms with Crippen LogP contribution in [-0.4, -0.2) is 25.8 Å². The van der Waals surface area contributed by atoms with E-state index in [0.29, 0.717) is 12.0 Å². The zero-order valence-corrected chi connectivity index (χ0v) is 7.68. The summed E-state index contributed by atoms with van der Waals surface area (Å²) < 4.78 is 5.30. The van der Waals surface area contributed by atoms with Gasteiger partial charge in [-0.25, -0.2) is 0 Å². The third kappa shape index (κ3) is 2.84. The van der Waals surface area contributed by atoms with Crippen LogP contribution >= 0.6 is 0 Å². The normalized spacial score (nSPS) is 25.2. The quantitative estimate of drug-likeness (QED) is 0.498. The van der Waals surface area contributed by atoms with Crippen molar-refractivity contribution in [1.82, 2.24) is 5.32 Å². The Kier molecular flexibility index (Phi) is 4.13. The second-order valence-corrected chi connectivity index (χ2v) is 3.32. The third-order valence-corrected chi connectivity index (χ3v) is 2.41. The van der Waals surface area contributed by atoms with Crippen LogP contribution in [0.25, 0.3) is 0 Å². The minimum absolute atomic E-state index is 0.542. The molecule has 68 valence electrons. The zero-order valence-electron chi connectivity index (χ0n) is 7.68. The van der Waals surface area contributed by atoms with Crippen LogP contribution in [0.3, 0.4) is 0 Å². The summed E-state index contributed by atoms with van der Waals surface area (Å²) >= 11 is 0. The van der Waals surface area contributed by atoms with Gasteiger partial charge in [0.1, 0.15) is 0 Å². The van der Waals surface area contributed by atoms with Crippen LogP contribution in [-0.2, 0) is 4.74 Å². The largest absolute Gasteiger partial charge is 0.381 e. The van der Waals surface area contributed by atoms with E-state index in [9.17, 15) is 0 Å². The molecule has 1 aliphatic heterocycles. The molecule has 0 aromatic heterocycles. The van der Waals surface area contributed by atoms with Gasteiger partial charge >= 0.3 is 0 Å². The highest BCUT2D eigenvalue weighted by atomic mass is 16.5. The third-order valence-electron chi connectivity index (χ3n) is 2.41. The number of terminal acetylenes is 1. The van der Waals surface area contributed by atoms with Crippen LogP contribution in [0, 0.1) is 18.3 Å². The Balaban J connectivity index is 2.10. The van der Waals surface area contributed by atoms with Gasteiger partial charge in [-0.3, -0.25) is 0 Å². The Bertz CT molecular complexity index is 156. The molecule has 0 spiro atoms. The molecule has 1 fully saturated rings. The lowest BCUT2D eigenvalue weighted by atomic mass is 10.0. The first-order valence-corrected chi connectivity index (χ1v) is 4.59. The van der Waals surface area contributed by atoms with Gasteiger partial charge < -0.3 is 10.1 Å². The van der Waals surface area contributed by atoms with Crippen molar-refractivity contribution in [3.63, 3.8) is 0 Å². The van der Waals surface area contributed by atoms with Crippen molar-refractivity contribution >= 4 is 0 Å². The van der Waals surface area contributed by atoms with Gasteiger partial charge in [-0.2, -0.15) is 0 Å². The first-order chi connectivity index (χ1) is 5.84. The standard InChI is InChI=1S/C10H17NO/c1-3-4-6-11-9(2)10-5-7-12-8-10/h1,9-11H,4-8H2,2H3. The molecular weight excluding hydrogens is 150 g/mol. The van der Waals surface area contributed by atoms with E-state index in [1.54, 1.807) is 0 Å². The van der Waals surface area contributed by atoms with Crippen molar-refractivity contribution in [3.8, 4) is 12.3 Å². The maximum absolute atomic E-state index is 5.30. The smallest absolute Gasteiger partial charge is 0.0509 e. The predicted octanol–water partition coefficient (Wildman–Crippen LogP) is 1.02. The molecule has 2 nitrogen and oxygen atoms in total. The molecule has 12 heavy (non-hydrogen) atoms. The summed E-state index contributed by atoms with van der Waals surface area (Å²) in [5, 5.41) is 3.40. The van der Waals surface area contributed by atoms with E-state index in [0.717, 1.165) is 26.2 Å². The van der Waals surface area contributed by atoms with Crippen LogP contribution in [0.1, 0.15) is 19.8 Å². The van der Waals surface area contributed by atoms with Crippen LogP contribution in [0.5, 0.6) is 0 Å². The molecule has 1 heterocycles. The van der Waals surface area contributed by atoms with Crippen LogP contribution in [0.15, 0.2) is 0 Å². The highest BCUT2D eigenvalue weighted by Crippen LogP contribution is 2.15. The van der Waals surface area contributed by atoms with Crippen molar-refractivity contribution in [2.75, 3.05) is 19.8 Å². The maximum Gasteiger partial charge on any atom is 0.0509 e. The van der Waals surface area contributed by atoms with E-state index in [4.69, 9.17) is 11.2 Å². The van der Waals surface area contributed by atoms with E-state index in [2.05, 4.69) is 18.2 Å². The molecule has 0 bridgehead atoms. The Labute approximate surface area is 74.7 Å². The topological polar surface area (TPSA) is 21.3 Å². The fraction of sp³-hybridized carbons (Fsp3) is 0.800. The minimum Gasteiger partial charge on any atom is -0.381 e. The highest BCUT2D eigenvalue weighted by Gasteiger charge is 2.21. The Hall–Kier alpha value is -0.520.